The fourth-order valence-electron chi connectivity index (χ4n) is 0.531. The molecule has 0 aromatic carbocycles. The molecule has 1 atom stereocenters. The molecule has 0 fully saturated rings. The van der Waals surface area contributed by atoms with E-state index in [0.717, 1.165) is 0 Å². The Morgan fingerprint density at radius 3 is 2.33 bits per heavy atom. The van der Waals surface area contributed by atoms with Crippen LogP contribution in [-0.2, 0) is 4.79 Å². The van der Waals surface area contributed by atoms with E-state index in [9.17, 15) is 4.79 Å². The van der Waals surface area contributed by atoms with Gasteiger partial charge in [-0.1, -0.05) is 0 Å². The van der Waals surface area contributed by atoms with Crippen LogP contribution in [0.15, 0.2) is 0 Å². The molecule has 0 bridgehead atoms. The maximum Gasteiger partial charge on any atom is 0.221 e. The quantitative estimate of drug-likeness (QED) is 0.557. The molecule has 0 saturated heterocycles. The summed E-state index contributed by atoms with van der Waals surface area (Å²) in [6.45, 7) is 4.18. The fourth-order valence-corrected chi connectivity index (χ4v) is 0.531. The van der Waals surface area contributed by atoms with Crippen molar-refractivity contribution < 1.29 is 4.79 Å². The van der Waals surface area contributed by atoms with Crippen LogP contribution in [0.25, 0.3) is 0 Å². The van der Waals surface area contributed by atoms with Gasteiger partial charge in [0.15, 0.2) is 0 Å². The fraction of sp³-hybridized carbons (Fsp3) is 0.667. The van der Waals surface area contributed by atoms with Gasteiger partial charge in [-0.15, -0.1) is 0 Å². The zero-order valence-corrected chi connectivity index (χ0v) is 5.92. The number of carbonyl (C=O) groups excluding carboxylic acids is 1. The highest BCUT2D eigenvalue weighted by molar-refractivity contribution is 5.77. The molecular weight excluding hydrogens is 116 g/mol. The van der Waals surface area contributed by atoms with Crippen LogP contribution in [0.1, 0.15) is 0 Å². The zero-order valence-electron chi connectivity index (χ0n) is 5.92. The second-order valence-corrected chi connectivity index (χ2v) is 2.36. The molecule has 1 amide bonds. The second-order valence-electron chi connectivity index (χ2n) is 2.36. The molecule has 0 aromatic rings. The number of rotatable bonds is 3. The maximum absolute atomic E-state index is 10.4. The lowest BCUT2D eigenvalue weighted by atomic mass is 10.2. The van der Waals surface area contributed by atoms with E-state index in [4.69, 9.17) is 5.73 Å². The van der Waals surface area contributed by atoms with Gasteiger partial charge in [-0.2, -0.15) is 0 Å². The van der Waals surface area contributed by atoms with E-state index in [2.05, 4.69) is 6.92 Å². The first-order valence-electron chi connectivity index (χ1n) is 2.81. The average Bonchev–Trinajstić information content (AvgIpc) is 1.63. The van der Waals surface area contributed by atoms with Crippen molar-refractivity contribution in [3.63, 3.8) is 0 Å². The third kappa shape index (κ3) is 3.97. The minimum Gasteiger partial charge on any atom is -0.369 e. The van der Waals surface area contributed by atoms with Crippen LogP contribution >= 0.6 is 0 Å². The summed E-state index contributed by atoms with van der Waals surface area (Å²) in [6.07, 6.45) is 0. The third-order valence-corrected chi connectivity index (χ3v) is 0.988. The van der Waals surface area contributed by atoms with Gasteiger partial charge >= 0.3 is 0 Å². The number of hydrogen-bond acceptors (Lipinski definition) is 2. The molecule has 1 radical (unpaired) electrons. The summed E-state index contributed by atoms with van der Waals surface area (Å²) in [5.74, 6) is -0.635. The highest BCUT2D eigenvalue weighted by atomic mass is 16.1. The molecule has 3 nitrogen and oxygen atoms in total. The topological polar surface area (TPSA) is 46.3 Å². The Labute approximate surface area is 55.8 Å². The predicted molar refractivity (Wildman–Crippen MR) is 36.6 cm³/mol. The maximum atomic E-state index is 10.4. The van der Waals surface area contributed by atoms with Gasteiger partial charge in [0.05, 0.1) is 5.92 Å². The van der Waals surface area contributed by atoms with Gasteiger partial charge in [-0.25, -0.2) is 0 Å². The standard InChI is InChI=1S/C6H13N2O/c1-5(6(7)9)4-8(2)3/h5H,1,4H2,2-3H3,(H2,7,9). The Kier molecular flexibility index (Phi) is 3.24. The van der Waals surface area contributed by atoms with Crippen molar-refractivity contribution in [2.24, 2.45) is 11.7 Å². The molecule has 1 unspecified atom stereocenters. The van der Waals surface area contributed by atoms with Gasteiger partial charge in [0.1, 0.15) is 0 Å². The van der Waals surface area contributed by atoms with Crippen LogP contribution in [0.2, 0.25) is 0 Å². The minimum atomic E-state index is -0.344. The summed E-state index contributed by atoms with van der Waals surface area (Å²) >= 11 is 0. The van der Waals surface area contributed by atoms with Crippen molar-refractivity contribution >= 4 is 5.91 Å². The van der Waals surface area contributed by atoms with E-state index in [1.165, 1.54) is 0 Å². The van der Waals surface area contributed by atoms with Gasteiger partial charge in [0.2, 0.25) is 5.91 Å². The number of primary amides is 1. The Morgan fingerprint density at radius 2 is 2.22 bits per heavy atom. The van der Waals surface area contributed by atoms with E-state index in [1.54, 1.807) is 0 Å². The van der Waals surface area contributed by atoms with Gasteiger partial charge in [-0.3, -0.25) is 4.79 Å². The summed E-state index contributed by atoms with van der Waals surface area (Å²) in [4.78, 5) is 12.2. The first kappa shape index (κ1) is 8.43. The molecule has 9 heavy (non-hydrogen) atoms. The molecule has 0 saturated carbocycles. The van der Waals surface area contributed by atoms with Gasteiger partial charge < -0.3 is 10.6 Å². The SMILES string of the molecule is [CH2]C(CN(C)C)C(N)=O. The first-order valence-corrected chi connectivity index (χ1v) is 2.81. The first-order chi connectivity index (χ1) is 4.04. The largest absolute Gasteiger partial charge is 0.369 e. The number of hydrogen-bond donors (Lipinski definition) is 1. The molecule has 3 heteroatoms. The van der Waals surface area contributed by atoms with E-state index < -0.39 is 0 Å². The number of carbonyl (C=O) groups is 1. The highest BCUT2D eigenvalue weighted by Gasteiger charge is 2.08. The predicted octanol–water partition coefficient (Wildman–Crippen LogP) is -0.516. The van der Waals surface area contributed by atoms with Gasteiger partial charge in [0.25, 0.3) is 0 Å². The van der Waals surface area contributed by atoms with Crippen LogP contribution in [-0.4, -0.2) is 31.4 Å². The number of nitrogens with zero attached hydrogens (tertiary/aromatic N) is 1. The Morgan fingerprint density at radius 1 is 1.78 bits per heavy atom. The monoisotopic (exact) mass is 129 g/mol. The molecular formula is C6H13N2O. The summed E-state index contributed by atoms with van der Waals surface area (Å²) in [6, 6.07) is 0. The van der Waals surface area contributed by atoms with Gasteiger partial charge in [-0.05, 0) is 21.0 Å². The molecule has 0 aromatic heterocycles. The van der Waals surface area contributed by atoms with Crippen molar-refractivity contribution in [3.8, 4) is 0 Å². The van der Waals surface area contributed by atoms with Crippen molar-refractivity contribution in [3.05, 3.63) is 6.92 Å². The molecule has 0 spiro atoms. The molecule has 0 aliphatic heterocycles. The van der Waals surface area contributed by atoms with Crippen LogP contribution in [0.3, 0.4) is 0 Å². The zero-order chi connectivity index (χ0) is 7.44. The second kappa shape index (κ2) is 3.45. The summed E-state index contributed by atoms with van der Waals surface area (Å²) in [5.41, 5.74) is 4.96. The summed E-state index contributed by atoms with van der Waals surface area (Å²) < 4.78 is 0. The lowest BCUT2D eigenvalue weighted by molar-refractivity contribution is -0.120. The minimum absolute atomic E-state index is 0.292. The van der Waals surface area contributed by atoms with Crippen LogP contribution in [0, 0.1) is 12.8 Å². The Balaban J connectivity index is 3.50. The normalized spacial score (nSPS) is 13.8. The Bertz CT molecular complexity index is 101. The van der Waals surface area contributed by atoms with Crippen molar-refractivity contribution in [1.29, 1.82) is 0 Å². The number of nitrogens with two attached hydrogens (primary N) is 1. The Hall–Kier alpha value is -0.570. The van der Waals surface area contributed by atoms with E-state index in [0.29, 0.717) is 6.54 Å². The molecule has 0 rings (SSSR count). The highest BCUT2D eigenvalue weighted by Crippen LogP contribution is 1.92. The molecule has 2 N–H and O–H groups in total. The average molecular weight is 129 g/mol. The van der Waals surface area contributed by atoms with E-state index >= 15 is 0 Å². The lowest BCUT2D eigenvalue weighted by Crippen LogP contribution is -2.30. The smallest absolute Gasteiger partial charge is 0.221 e. The molecule has 0 aliphatic carbocycles. The summed E-state index contributed by atoms with van der Waals surface area (Å²) in [7, 11) is 3.75. The molecule has 0 aliphatic rings. The van der Waals surface area contributed by atoms with Crippen molar-refractivity contribution in [2.45, 2.75) is 0 Å². The van der Waals surface area contributed by atoms with Crippen molar-refractivity contribution in [1.82, 2.24) is 4.90 Å². The van der Waals surface area contributed by atoms with E-state index in [-0.39, 0.29) is 11.8 Å². The third-order valence-electron chi connectivity index (χ3n) is 0.988. The van der Waals surface area contributed by atoms with Crippen molar-refractivity contribution in [2.75, 3.05) is 20.6 Å². The lowest BCUT2D eigenvalue weighted by Gasteiger charge is -2.12. The van der Waals surface area contributed by atoms with Crippen LogP contribution in [0.5, 0.6) is 0 Å². The number of amides is 1. The molecule has 0 heterocycles. The summed E-state index contributed by atoms with van der Waals surface area (Å²) in [5, 5.41) is 0. The van der Waals surface area contributed by atoms with Gasteiger partial charge in [0, 0.05) is 6.54 Å². The van der Waals surface area contributed by atoms with Crippen LogP contribution in [0.4, 0.5) is 0 Å². The van der Waals surface area contributed by atoms with E-state index in [1.807, 2.05) is 19.0 Å². The van der Waals surface area contributed by atoms with Crippen LogP contribution < -0.4 is 5.73 Å². The molecule has 53 valence electrons.